The predicted molar refractivity (Wildman–Crippen MR) is 80.4 cm³/mol. The highest BCUT2D eigenvalue weighted by molar-refractivity contribution is 9.10. The lowest BCUT2D eigenvalue weighted by Crippen LogP contribution is -1.99. The van der Waals surface area contributed by atoms with Crippen LogP contribution in [0.4, 0.5) is 0 Å². The van der Waals surface area contributed by atoms with Gasteiger partial charge in [-0.2, -0.15) is 0 Å². The number of nitrogens with zero attached hydrogens (tertiary/aromatic N) is 3. The van der Waals surface area contributed by atoms with Gasteiger partial charge in [0.2, 0.25) is 0 Å². The number of rotatable bonds is 4. The average molecular weight is 373 g/mol. The normalized spacial score (nSPS) is 12.7. The highest BCUT2D eigenvalue weighted by atomic mass is 79.9. The van der Waals surface area contributed by atoms with Gasteiger partial charge in [-0.1, -0.05) is 50.9 Å². The van der Waals surface area contributed by atoms with Crippen LogP contribution < -0.4 is 0 Å². The molecule has 3 nitrogen and oxygen atoms in total. The molecule has 0 saturated carbocycles. The molecular formula is C13H15Br2N3. The molecule has 1 atom stereocenters. The second-order valence-electron chi connectivity index (χ2n) is 4.09. The van der Waals surface area contributed by atoms with Crippen LogP contribution in [0.3, 0.4) is 0 Å². The smallest absolute Gasteiger partial charge is 0.0967 e. The van der Waals surface area contributed by atoms with Gasteiger partial charge in [-0.05, 0) is 36.6 Å². The van der Waals surface area contributed by atoms with E-state index < -0.39 is 0 Å². The monoisotopic (exact) mass is 371 g/mol. The highest BCUT2D eigenvalue weighted by Crippen LogP contribution is 2.25. The molecule has 1 aromatic carbocycles. The second kappa shape index (κ2) is 5.97. The highest BCUT2D eigenvalue weighted by Gasteiger charge is 2.12. The second-order valence-corrected chi connectivity index (χ2v) is 6.11. The summed E-state index contributed by atoms with van der Waals surface area (Å²) in [5.41, 5.74) is 3.32. The van der Waals surface area contributed by atoms with Gasteiger partial charge in [0.15, 0.2) is 0 Å². The molecule has 0 aliphatic rings. The van der Waals surface area contributed by atoms with E-state index in [9.17, 15) is 0 Å². The zero-order chi connectivity index (χ0) is 13.1. The van der Waals surface area contributed by atoms with Gasteiger partial charge in [-0.3, -0.25) is 0 Å². The largest absolute Gasteiger partial charge is 0.220 e. The van der Waals surface area contributed by atoms with Crippen molar-refractivity contribution in [3.63, 3.8) is 0 Å². The van der Waals surface area contributed by atoms with Crippen molar-refractivity contribution in [2.24, 2.45) is 0 Å². The number of aryl methyl sites for hydroxylation is 1. The maximum absolute atomic E-state index is 4.22. The van der Waals surface area contributed by atoms with E-state index in [-0.39, 0.29) is 4.83 Å². The van der Waals surface area contributed by atoms with Gasteiger partial charge < -0.3 is 0 Å². The van der Waals surface area contributed by atoms with Crippen molar-refractivity contribution in [1.29, 1.82) is 0 Å². The van der Waals surface area contributed by atoms with Gasteiger partial charge in [0, 0.05) is 4.47 Å². The van der Waals surface area contributed by atoms with Gasteiger partial charge in [0.25, 0.3) is 0 Å². The zero-order valence-corrected chi connectivity index (χ0v) is 13.6. The number of alkyl halides is 1. The number of halogens is 2. The lowest BCUT2D eigenvalue weighted by molar-refractivity contribution is 0.783. The standard InChI is InChI=1S/C13H15Br2N3/c1-3-9-7-10(14)5-6-13(9)18-8-12(16-17-18)11(15)4-2/h5-8,11H,3-4H2,1-2H3. The summed E-state index contributed by atoms with van der Waals surface area (Å²) >= 11 is 7.09. The van der Waals surface area contributed by atoms with Crippen LogP contribution in [0.2, 0.25) is 0 Å². The molecule has 18 heavy (non-hydrogen) atoms. The maximum atomic E-state index is 4.22. The fourth-order valence-electron chi connectivity index (χ4n) is 1.81. The first-order valence-corrected chi connectivity index (χ1v) is 7.71. The SMILES string of the molecule is CCc1cc(Br)ccc1-n1cc(C(Br)CC)nn1. The molecule has 0 aliphatic carbocycles. The minimum atomic E-state index is 0.270. The summed E-state index contributed by atoms with van der Waals surface area (Å²) in [6, 6.07) is 6.22. The quantitative estimate of drug-likeness (QED) is 0.743. The Kier molecular flexibility index (Phi) is 4.56. The average Bonchev–Trinajstić information content (AvgIpc) is 2.87. The number of hydrogen-bond donors (Lipinski definition) is 0. The summed E-state index contributed by atoms with van der Waals surface area (Å²) in [4.78, 5) is 0.270. The van der Waals surface area contributed by atoms with Gasteiger partial charge in [0.1, 0.15) is 0 Å². The molecule has 0 N–H and O–H groups in total. The van der Waals surface area contributed by atoms with Crippen LogP contribution in [0.5, 0.6) is 0 Å². The molecule has 0 saturated heterocycles. The van der Waals surface area contributed by atoms with E-state index in [4.69, 9.17) is 0 Å². The van der Waals surface area contributed by atoms with Crippen molar-refractivity contribution in [3.8, 4) is 5.69 Å². The summed E-state index contributed by atoms with van der Waals surface area (Å²) in [6.07, 6.45) is 3.96. The van der Waals surface area contributed by atoms with E-state index in [1.165, 1.54) is 5.56 Å². The third kappa shape index (κ3) is 2.83. The van der Waals surface area contributed by atoms with Crippen LogP contribution in [0, 0.1) is 0 Å². The third-order valence-corrected chi connectivity index (χ3v) is 4.47. The molecular weight excluding hydrogens is 358 g/mol. The summed E-state index contributed by atoms with van der Waals surface area (Å²) in [5.74, 6) is 0. The zero-order valence-electron chi connectivity index (χ0n) is 10.4. The fourth-order valence-corrected chi connectivity index (χ4v) is 2.43. The van der Waals surface area contributed by atoms with Crippen LogP contribution in [-0.4, -0.2) is 15.0 Å². The van der Waals surface area contributed by atoms with Crippen LogP contribution in [0.1, 0.15) is 36.4 Å². The van der Waals surface area contributed by atoms with Crippen molar-refractivity contribution in [3.05, 3.63) is 40.1 Å². The van der Waals surface area contributed by atoms with E-state index in [0.29, 0.717) is 0 Å². The Morgan fingerprint density at radius 1 is 1.33 bits per heavy atom. The van der Waals surface area contributed by atoms with Crippen molar-refractivity contribution in [2.75, 3.05) is 0 Å². The molecule has 5 heteroatoms. The van der Waals surface area contributed by atoms with Crippen LogP contribution in [0.15, 0.2) is 28.9 Å². The molecule has 1 unspecified atom stereocenters. The summed E-state index contributed by atoms with van der Waals surface area (Å²) < 4.78 is 2.94. The Morgan fingerprint density at radius 3 is 2.78 bits per heavy atom. The molecule has 1 aromatic heterocycles. The number of benzene rings is 1. The number of hydrogen-bond acceptors (Lipinski definition) is 2. The van der Waals surface area contributed by atoms with Crippen molar-refractivity contribution >= 4 is 31.9 Å². The van der Waals surface area contributed by atoms with E-state index in [1.807, 2.05) is 16.9 Å². The molecule has 2 aromatic rings. The maximum Gasteiger partial charge on any atom is 0.0967 e. The summed E-state index contributed by atoms with van der Waals surface area (Å²) in [5, 5.41) is 8.43. The first-order chi connectivity index (χ1) is 8.65. The van der Waals surface area contributed by atoms with Crippen molar-refractivity contribution in [2.45, 2.75) is 31.5 Å². The van der Waals surface area contributed by atoms with E-state index in [2.05, 4.69) is 68.2 Å². The predicted octanol–water partition coefficient (Wildman–Crippen LogP) is 4.44. The van der Waals surface area contributed by atoms with Gasteiger partial charge in [0.05, 0.1) is 22.4 Å². The van der Waals surface area contributed by atoms with Crippen LogP contribution in [0.25, 0.3) is 5.69 Å². The lowest BCUT2D eigenvalue weighted by Gasteiger charge is -2.07. The van der Waals surface area contributed by atoms with E-state index in [0.717, 1.165) is 28.7 Å². The third-order valence-electron chi connectivity index (χ3n) is 2.86. The van der Waals surface area contributed by atoms with Gasteiger partial charge in [-0.15, -0.1) is 5.10 Å². The Hall–Kier alpha value is -0.680. The lowest BCUT2D eigenvalue weighted by atomic mass is 10.1. The topological polar surface area (TPSA) is 30.7 Å². The Morgan fingerprint density at radius 2 is 2.11 bits per heavy atom. The molecule has 2 rings (SSSR count). The molecule has 96 valence electrons. The van der Waals surface area contributed by atoms with Crippen LogP contribution >= 0.6 is 31.9 Å². The first kappa shape index (κ1) is 13.7. The van der Waals surface area contributed by atoms with E-state index >= 15 is 0 Å². The molecule has 0 radical (unpaired) electrons. The Labute approximate surface area is 124 Å². The van der Waals surface area contributed by atoms with Gasteiger partial charge >= 0.3 is 0 Å². The van der Waals surface area contributed by atoms with E-state index in [1.54, 1.807) is 0 Å². The van der Waals surface area contributed by atoms with Gasteiger partial charge in [-0.25, -0.2) is 4.68 Å². The minimum Gasteiger partial charge on any atom is -0.220 e. The summed E-state index contributed by atoms with van der Waals surface area (Å²) in [6.45, 7) is 4.26. The molecule has 1 heterocycles. The molecule has 0 aliphatic heterocycles. The molecule has 0 bridgehead atoms. The molecule has 0 amide bonds. The first-order valence-electron chi connectivity index (χ1n) is 6.00. The summed E-state index contributed by atoms with van der Waals surface area (Å²) in [7, 11) is 0. The minimum absolute atomic E-state index is 0.270. The Bertz CT molecular complexity index is 537. The Balaban J connectivity index is 2.39. The van der Waals surface area contributed by atoms with Crippen LogP contribution in [-0.2, 0) is 6.42 Å². The fraction of sp³-hybridized carbons (Fsp3) is 0.385. The van der Waals surface area contributed by atoms with Crippen molar-refractivity contribution < 1.29 is 0 Å². The molecule has 0 fully saturated rings. The molecule has 0 spiro atoms. The number of aromatic nitrogens is 3. The van der Waals surface area contributed by atoms with Crippen molar-refractivity contribution in [1.82, 2.24) is 15.0 Å².